The molecular weight excluding hydrogens is 462 g/mol. The molecule has 0 amide bonds. The summed E-state index contributed by atoms with van der Waals surface area (Å²) in [5, 5.41) is 18.4. The maximum Gasteiger partial charge on any atom is 0.199 e. The zero-order chi connectivity index (χ0) is 22.9. The number of aromatic nitrogens is 7. The molecule has 0 bridgehead atoms. The van der Waals surface area contributed by atoms with Gasteiger partial charge >= 0.3 is 0 Å². The molecule has 0 spiro atoms. The number of H-pyrrole nitrogens is 2. The molecule has 166 valence electrons. The van der Waals surface area contributed by atoms with Gasteiger partial charge in [0.15, 0.2) is 15.8 Å². The van der Waals surface area contributed by atoms with Crippen LogP contribution in [0, 0.1) is 4.77 Å². The molecule has 0 fully saturated rings. The molecule has 6 aromatic rings. The van der Waals surface area contributed by atoms with E-state index in [9.17, 15) is 0 Å². The number of nitrogens with one attached hydrogen (secondary N) is 2. The number of para-hydroxylation sites is 3. The number of fused-ring (bicyclic) bond motifs is 1. The first kappa shape index (κ1) is 20.6. The van der Waals surface area contributed by atoms with E-state index in [1.54, 1.807) is 11.8 Å². The highest BCUT2D eigenvalue weighted by Gasteiger charge is 2.19. The van der Waals surface area contributed by atoms with Crippen LogP contribution in [0.4, 0.5) is 0 Å². The molecule has 7 nitrogen and oxygen atoms in total. The normalized spacial score (nSPS) is 11.3. The highest BCUT2D eigenvalue weighted by Crippen LogP contribution is 2.31. The topological polar surface area (TPSA) is 80.1 Å². The van der Waals surface area contributed by atoms with Crippen LogP contribution in [0.5, 0.6) is 0 Å². The number of rotatable bonds is 6. The predicted octanol–water partition coefficient (Wildman–Crippen LogP) is 5.95. The van der Waals surface area contributed by atoms with Crippen molar-refractivity contribution in [3.63, 3.8) is 0 Å². The molecule has 34 heavy (non-hydrogen) atoms. The fourth-order valence-corrected chi connectivity index (χ4v) is 5.07. The van der Waals surface area contributed by atoms with Crippen LogP contribution in [-0.4, -0.2) is 34.5 Å². The van der Waals surface area contributed by atoms with E-state index in [4.69, 9.17) is 12.2 Å². The fourth-order valence-electron chi connectivity index (χ4n) is 3.94. The zero-order valence-electron chi connectivity index (χ0n) is 17.9. The van der Waals surface area contributed by atoms with Crippen LogP contribution in [-0.2, 0) is 5.75 Å². The standard InChI is InChI=1S/C25H19N7S2/c33-24-29-27-22(31(24)18-10-3-1-4-11-18)16-34-25-30-28-23(32(25)19-12-5-2-6-13-19)21-15-17-9-7-8-14-20(17)26-21/h1-15,26H,16H2,(H,29,33). The highest BCUT2D eigenvalue weighted by atomic mass is 32.2. The lowest BCUT2D eigenvalue weighted by Crippen LogP contribution is -2.02. The van der Waals surface area contributed by atoms with Gasteiger partial charge in [0.25, 0.3) is 0 Å². The molecule has 3 aromatic carbocycles. The van der Waals surface area contributed by atoms with E-state index < -0.39 is 0 Å². The fraction of sp³-hybridized carbons (Fsp3) is 0.0400. The Morgan fingerprint density at radius 1 is 0.794 bits per heavy atom. The number of nitrogens with zero attached hydrogens (tertiary/aromatic N) is 5. The molecule has 0 aliphatic carbocycles. The van der Waals surface area contributed by atoms with E-state index in [0.717, 1.165) is 44.8 Å². The van der Waals surface area contributed by atoms with Crippen molar-refractivity contribution < 1.29 is 0 Å². The summed E-state index contributed by atoms with van der Waals surface area (Å²) in [6.07, 6.45) is 0. The number of aromatic amines is 2. The van der Waals surface area contributed by atoms with Gasteiger partial charge in [-0.05, 0) is 48.6 Å². The van der Waals surface area contributed by atoms with Crippen LogP contribution >= 0.6 is 24.0 Å². The Bertz CT molecular complexity index is 1600. The molecule has 0 atom stereocenters. The first-order valence-corrected chi connectivity index (χ1v) is 12.1. The molecule has 9 heteroatoms. The third-order valence-corrected chi connectivity index (χ3v) is 6.70. The lowest BCUT2D eigenvalue weighted by molar-refractivity contribution is 0.878. The van der Waals surface area contributed by atoms with Crippen molar-refractivity contribution in [1.82, 2.24) is 34.5 Å². The van der Waals surface area contributed by atoms with Crippen molar-refractivity contribution in [2.75, 3.05) is 0 Å². The number of hydrogen-bond donors (Lipinski definition) is 2. The maximum atomic E-state index is 5.49. The summed E-state index contributed by atoms with van der Waals surface area (Å²) in [6.45, 7) is 0. The summed E-state index contributed by atoms with van der Waals surface area (Å²) in [5.74, 6) is 2.14. The first-order valence-electron chi connectivity index (χ1n) is 10.7. The van der Waals surface area contributed by atoms with E-state index in [1.807, 2.05) is 65.2 Å². The van der Waals surface area contributed by atoms with Gasteiger partial charge in [-0.25, -0.2) is 0 Å². The molecule has 0 unspecified atom stereocenters. The lowest BCUT2D eigenvalue weighted by atomic mass is 10.2. The average molecular weight is 482 g/mol. The van der Waals surface area contributed by atoms with Gasteiger partial charge in [-0.3, -0.25) is 14.2 Å². The Labute approximate surface area is 204 Å². The minimum absolute atomic E-state index is 0.560. The largest absolute Gasteiger partial charge is 0.352 e. The summed E-state index contributed by atoms with van der Waals surface area (Å²) in [7, 11) is 0. The molecule has 0 aliphatic heterocycles. The van der Waals surface area contributed by atoms with Crippen molar-refractivity contribution in [2.24, 2.45) is 0 Å². The van der Waals surface area contributed by atoms with Gasteiger partial charge in [0.1, 0.15) is 5.82 Å². The highest BCUT2D eigenvalue weighted by molar-refractivity contribution is 7.98. The molecule has 2 N–H and O–H groups in total. The second-order valence-electron chi connectivity index (χ2n) is 7.65. The van der Waals surface area contributed by atoms with E-state index >= 15 is 0 Å². The summed E-state index contributed by atoms with van der Waals surface area (Å²) in [4.78, 5) is 3.48. The summed E-state index contributed by atoms with van der Waals surface area (Å²) in [5.41, 5.74) is 3.94. The number of hydrogen-bond acceptors (Lipinski definition) is 5. The van der Waals surface area contributed by atoms with Gasteiger partial charge in [0.05, 0.1) is 11.4 Å². The van der Waals surface area contributed by atoms with Crippen molar-refractivity contribution in [1.29, 1.82) is 0 Å². The first-order chi connectivity index (χ1) is 16.8. The predicted molar refractivity (Wildman–Crippen MR) is 137 cm³/mol. The van der Waals surface area contributed by atoms with Crippen LogP contribution in [0.1, 0.15) is 5.82 Å². The van der Waals surface area contributed by atoms with Gasteiger partial charge in [0.2, 0.25) is 0 Å². The molecule has 0 radical (unpaired) electrons. The van der Waals surface area contributed by atoms with Crippen molar-refractivity contribution in [3.05, 3.63) is 102 Å². The summed E-state index contributed by atoms with van der Waals surface area (Å²) >= 11 is 7.05. The molecule has 3 aromatic heterocycles. The van der Waals surface area contributed by atoms with E-state index in [2.05, 4.69) is 60.3 Å². The molecular formula is C25H19N7S2. The monoisotopic (exact) mass is 481 g/mol. The van der Waals surface area contributed by atoms with Gasteiger partial charge in [0, 0.05) is 22.3 Å². The molecule has 6 rings (SSSR count). The SMILES string of the molecule is S=c1[nH]nc(CSc2nnc(-c3cc4ccccc4[nH]3)n2-c2ccccc2)n1-c1ccccc1. The van der Waals surface area contributed by atoms with Gasteiger partial charge in [-0.2, -0.15) is 5.10 Å². The molecule has 0 aliphatic rings. The van der Waals surface area contributed by atoms with Crippen LogP contribution in [0.15, 0.2) is 96.2 Å². The van der Waals surface area contributed by atoms with Gasteiger partial charge in [-0.1, -0.05) is 66.4 Å². The maximum absolute atomic E-state index is 5.49. The second-order valence-corrected chi connectivity index (χ2v) is 8.98. The van der Waals surface area contributed by atoms with Gasteiger partial charge < -0.3 is 4.98 Å². The smallest absolute Gasteiger partial charge is 0.199 e. The Morgan fingerprint density at radius 3 is 2.21 bits per heavy atom. The van der Waals surface area contributed by atoms with Crippen LogP contribution in [0.25, 0.3) is 33.8 Å². The molecule has 3 heterocycles. The Kier molecular flexibility index (Phi) is 5.32. The van der Waals surface area contributed by atoms with Crippen molar-refractivity contribution in [3.8, 4) is 22.9 Å². The third-order valence-electron chi connectivity index (χ3n) is 5.51. The van der Waals surface area contributed by atoms with E-state index in [-0.39, 0.29) is 0 Å². The van der Waals surface area contributed by atoms with Crippen molar-refractivity contribution in [2.45, 2.75) is 10.9 Å². The minimum atomic E-state index is 0.560. The summed E-state index contributed by atoms with van der Waals surface area (Å²) < 4.78 is 4.58. The summed E-state index contributed by atoms with van der Waals surface area (Å²) in [6, 6.07) is 30.4. The zero-order valence-corrected chi connectivity index (χ0v) is 19.6. The van der Waals surface area contributed by atoms with Crippen LogP contribution in [0.3, 0.4) is 0 Å². The van der Waals surface area contributed by atoms with E-state index in [1.165, 1.54) is 0 Å². The van der Waals surface area contributed by atoms with Gasteiger partial charge in [-0.15, -0.1) is 10.2 Å². The molecule has 0 saturated carbocycles. The quantitative estimate of drug-likeness (QED) is 0.227. The Morgan fingerprint density at radius 2 is 1.47 bits per heavy atom. The Balaban J connectivity index is 1.40. The Hall–Kier alpha value is -3.95. The van der Waals surface area contributed by atoms with Crippen LogP contribution < -0.4 is 0 Å². The van der Waals surface area contributed by atoms with E-state index in [0.29, 0.717) is 10.5 Å². The van der Waals surface area contributed by atoms with Crippen LogP contribution in [0.2, 0.25) is 0 Å². The lowest BCUT2D eigenvalue weighted by Gasteiger charge is -2.10. The third kappa shape index (κ3) is 3.74. The average Bonchev–Trinajstić information content (AvgIpc) is 3.60. The van der Waals surface area contributed by atoms with Crippen molar-refractivity contribution >= 4 is 34.9 Å². The molecule has 0 saturated heterocycles. The number of benzene rings is 3. The minimum Gasteiger partial charge on any atom is -0.352 e. The second kappa shape index (κ2) is 8.77. The number of thioether (sulfide) groups is 1.